The van der Waals surface area contributed by atoms with E-state index in [0.29, 0.717) is 5.57 Å². The number of carboxylic acid groups (broad SMARTS) is 1. The van der Waals surface area contributed by atoms with Gasteiger partial charge in [0.25, 0.3) is 0 Å². The molecule has 86 valence electrons. The summed E-state index contributed by atoms with van der Waals surface area (Å²) in [4.78, 5) is 10.6. The SMILES string of the molecule is CC(=CCC1CCCCCCC1)C(=O)O. The smallest absolute Gasteiger partial charge is 0.330 e. The Balaban J connectivity index is 2.35. The highest BCUT2D eigenvalue weighted by Crippen LogP contribution is 2.25. The van der Waals surface area contributed by atoms with Gasteiger partial charge in [-0.25, -0.2) is 4.79 Å². The second kappa shape index (κ2) is 6.65. The van der Waals surface area contributed by atoms with Crippen molar-refractivity contribution in [3.8, 4) is 0 Å². The molecule has 0 saturated heterocycles. The van der Waals surface area contributed by atoms with Gasteiger partial charge in [0.2, 0.25) is 0 Å². The Kier molecular flexibility index (Phi) is 5.44. The summed E-state index contributed by atoms with van der Waals surface area (Å²) in [6, 6.07) is 0. The average molecular weight is 210 g/mol. The molecule has 0 unspecified atom stereocenters. The van der Waals surface area contributed by atoms with Gasteiger partial charge in [0.1, 0.15) is 0 Å². The fourth-order valence-corrected chi connectivity index (χ4v) is 2.21. The minimum atomic E-state index is -0.777. The van der Waals surface area contributed by atoms with E-state index in [1.54, 1.807) is 6.92 Å². The Labute approximate surface area is 92.4 Å². The molecule has 15 heavy (non-hydrogen) atoms. The quantitative estimate of drug-likeness (QED) is 0.720. The lowest BCUT2D eigenvalue weighted by Crippen LogP contribution is -2.04. The molecule has 1 aliphatic rings. The molecule has 0 amide bonds. The maximum absolute atomic E-state index is 10.6. The third-order valence-electron chi connectivity index (χ3n) is 3.32. The van der Waals surface area contributed by atoms with E-state index in [1.807, 2.05) is 6.08 Å². The van der Waals surface area contributed by atoms with Crippen molar-refractivity contribution in [2.75, 3.05) is 0 Å². The molecule has 1 N–H and O–H groups in total. The molecular weight excluding hydrogens is 188 g/mol. The van der Waals surface area contributed by atoms with E-state index < -0.39 is 5.97 Å². The van der Waals surface area contributed by atoms with Gasteiger partial charge < -0.3 is 5.11 Å². The molecule has 2 nitrogen and oxygen atoms in total. The summed E-state index contributed by atoms with van der Waals surface area (Å²) < 4.78 is 0. The van der Waals surface area contributed by atoms with Crippen molar-refractivity contribution in [1.29, 1.82) is 0 Å². The molecule has 0 aliphatic heterocycles. The van der Waals surface area contributed by atoms with Crippen molar-refractivity contribution in [2.45, 2.75) is 58.3 Å². The molecule has 0 bridgehead atoms. The van der Waals surface area contributed by atoms with Crippen LogP contribution in [0.3, 0.4) is 0 Å². The largest absolute Gasteiger partial charge is 0.478 e. The summed E-state index contributed by atoms with van der Waals surface area (Å²) in [7, 11) is 0. The van der Waals surface area contributed by atoms with E-state index in [0.717, 1.165) is 12.3 Å². The van der Waals surface area contributed by atoms with E-state index in [2.05, 4.69) is 0 Å². The first-order valence-electron chi connectivity index (χ1n) is 6.10. The fraction of sp³-hybridized carbons (Fsp3) is 0.769. The highest BCUT2D eigenvalue weighted by molar-refractivity contribution is 5.85. The van der Waals surface area contributed by atoms with Gasteiger partial charge in [0.15, 0.2) is 0 Å². The van der Waals surface area contributed by atoms with Gasteiger partial charge in [-0.15, -0.1) is 0 Å². The number of aliphatic carboxylic acids is 1. The van der Waals surface area contributed by atoms with E-state index in [1.165, 1.54) is 44.9 Å². The number of rotatable bonds is 3. The van der Waals surface area contributed by atoms with E-state index in [9.17, 15) is 4.79 Å². The first kappa shape index (κ1) is 12.3. The summed E-state index contributed by atoms with van der Waals surface area (Å²) >= 11 is 0. The standard InChI is InChI=1S/C13H22O2/c1-11(13(14)15)9-10-12-7-5-3-2-4-6-8-12/h9,12H,2-8,10H2,1H3,(H,14,15). The number of carboxylic acids is 1. The Morgan fingerprint density at radius 3 is 2.27 bits per heavy atom. The summed E-state index contributed by atoms with van der Waals surface area (Å²) in [5, 5.41) is 8.74. The van der Waals surface area contributed by atoms with Gasteiger partial charge in [-0.05, 0) is 19.3 Å². The number of carbonyl (C=O) groups is 1. The van der Waals surface area contributed by atoms with Crippen LogP contribution >= 0.6 is 0 Å². The van der Waals surface area contributed by atoms with Crippen LogP contribution in [0.15, 0.2) is 11.6 Å². The van der Waals surface area contributed by atoms with Gasteiger partial charge in [0.05, 0.1) is 0 Å². The number of allylic oxidation sites excluding steroid dienone is 1. The molecule has 0 spiro atoms. The van der Waals surface area contributed by atoms with Crippen LogP contribution in [0.5, 0.6) is 0 Å². The molecule has 0 aromatic heterocycles. The normalized spacial score (nSPS) is 20.7. The predicted molar refractivity (Wildman–Crippen MR) is 61.8 cm³/mol. The molecule has 0 heterocycles. The highest BCUT2D eigenvalue weighted by Gasteiger charge is 2.10. The Morgan fingerprint density at radius 2 is 1.73 bits per heavy atom. The van der Waals surface area contributed by atoms with Crippen molar-refractivity contribution in [1.82, 2.24) is 0 Å². The van der Waals surface area contributed by atoms with E-state index in [-0.39, 0.29) is 0 Å². The van der Waals surface area contributed by atoms with Crippen molar-refractivity contribution < 1.29 is 9.90 Å². The first-order valence-corrected chi connectivity index (χ1v) is 6.10. The zero-order chi connectivity index (χ0) is 11.1. The minimum absolute atomic E-state index is 0.497. The van der Waals surface area contributed by atoms with Crippen LogP contribution in [0.1, 0.15) is 58.3 Å². The maximum Gasteiger partial charge on any atom is 0.330 e. The molecular formula is C13H22O2. The second-order valence-electron chi connectivity index (χ2n) is 4.64. The number of hydrogen-bond donors (Lipinski definition) is 1. The lowest BCUT2D eigenvalue weighted by molar-refractivity contribution is -0.132. The van der Waals surface area contributed by atoms with Crippen LogP contribution in [0.4, 0.5) is 0 Å². The zero-order valence-electron chi connectivity index (χ0n) is 9.67. The predicted octanol–water partition coefficient (Wildman–Crippen LogP) is 3.77. The average Bonchev–Trinajstić information content (AvgIpc) is 2.15. The van der Waals surface area contributed by atoms with Crippen LogP contribution in [0.2, 0.25) is 0 Å². The zero-order valence-corrected chi connectivity index (χ0v) is 9.67. The van der Waals surface area contributed by atoms with Crippen LogP contribution in [-0.2, 0) is 4.79 Å². The van der Waals surface area contributed by atoms with Gasteiger partial charge in [-0.3, -0.25) is 0 Å². The molecule has 2 heteroatoms. The molecule has 1 saturated carbocycles. The van der Waals surface area contributed by atoms with Crippen molar-refractivity contribution in [2.24, 2.45) is 5.92 Å². The summed E-state index contributed by atoms with van der Waals surface area (Å²) in [5.41, 5.74) is 0.497. The minimum Gasteiger partial charge on any atom is -0.478 e. The van der Waals surface area contributed by atoms with Crippen LogP contribution in [0, 0.1) is 5.92 Å². The summed E-state index contributed by atoms with van der Waals surface area (Å²) in [6.07, 6.45) is 12.2. The van der Waals surface area contributed by atoms with Crippen molar-refractivity contribution in [3.63, 3.8) is 0 Å². The van der Waals surface area contributed by atoms with Gasteiger partial charge in [-0.1, -0.05) is 51.0 Å². The molecule has 0 atom stereocenters. The molecule has 1 aliphatic carbocycles. The third kappa shape index (κ3) is 5.01. The van der Waals surface area contributed by atoms with Crippen molar-refractivity contribution >= 4 is 5.97 Å². The summed E-state index contributed by atoms with van der Waals surface area (Å²) in [5.74, 6) is -0.0551. The molecule has 1 fully saturated rings. The molecule has 0 aromatic carbocycles. The van der Waals surface area contributed by atoms with Gasteiger partial charge in [0, 0.05) is 5.57 Å². The first-order chi connectivity index (χ1) is 7.20. The Hall–Kier alpha value is -0.790. The van der Waals surface area contributed by atoms with Crippen LogP contribution in [-0.4, -0.2) is 11.1 Å². The number of hydrogen-bond acceptors (Lipinski definition) is 1. The summed E-state index contributed by atoms with van der Waals surface area (Å²) in [6.45, 7) is 1.69. The van der Waals surface area contributed by atoms with Gasteiger partial charge in [-0.2, -0.15) is 0 Å². The van der Waals surface area contributed by atoms with Gasteiger partial charge >= 0.3 is 5.97 Å². The third-order valence-corrected chi connectivity index (χ3v) is 3.32. The monoisotopic (exact) mass is 210 g/mol. The molecule has 1 rings (SSSR count). The van der Waals surface area contributed by atoms with Crippen LogP contribution in [0.25, 0.3) is 0 Å². The van der Waals surface area contributed by atoms with E-state index in [4.69, 9.17) is 5.11 Å². The lowest BCUT2D eigenvalue weighted by Gasteiger charge is -2.17. The molecule has 0 aromatic rings. The topological polar surface area (TPSA) is 37.3 Å². The van der Waals surface area contributed by atoms with E-state index >= 15 is 0 Å². The highest BCUT2D eigenvalue weighted by atomic mass is 16.4. The Morgan fingerprint density at radius 1 is 1.20 bits per heavy atom. The Bertz CT molecular complexity index is 223. The second-order valence-corrected chi connectivity index (χ2v) is 4.64. The fourth-order valence-electron chi connectivity index (χ4n) is 2.21. The lowest BCUT2D eigenvalue weighted by atomic mass is 9.88. The van der Waals surface area contributed by atoms with Crippen molar-refractivity contribution in [3.05, 3.63) is 11.6 Å². The molecule has 0 radical (unpaired) electrons. The van der Waals surface area contributed by atoms with Crippen LogP contribution < -0.4 is 0 Å². The maximum atomic E-state index is 10.6.